The summed E-state index contributed by atoms with van der Waals surface area (Å²) in [6, 6.07) is 9.71. The van der Waals surface area contributed by atoms with Crippen molar-refractivity contribution in [2.24, 2.45) is 0 Å². The zero-order valence-corrected chi connectivity index (χ0v) is 19.2. The lowest BCUT2D eigenvalue weighted by Crippen LogP contribution is -2.52. The standard InChI is InChI=1S/C24H24N4O6/c1-23(2,3)33-22(31)24(4,34-28-20(29)17-7-5-6-8-18(17)21(28)30)14-32-16-9-10-19(26-13-16)27-12-11-25-15-27/h5-13,15H,14H2,1-4H3/t24-/m0/s1. The summed E-state index contributed by atoms with van der Waals surface area (Å²) in [6.07, 6.45) is 6.47. The average molecular weight is 464 g/mol. The molecule has 0 fully saturated rings. The van der Waals surface area contributed by atoms with E-state index in [1.807, 2.05) is 0 Å². The van der Waals surface area contributed by atoms with Crippen molar-refractivity contribution >= 4 is 17.8 Å². The van der Waals surface area contributed by atoms with Crippen LogP contribution in [-0.4, -0.2) is 55.2 Å². The van der Waals surface area contributed by atoms with Crippen LogP contribution in [0.25, 0.3) is 5.82 Å². The molecule has 0 spiro atoms. The molecule has 0 N–H and O–H groups in total. The molecule has 2 amide bonds. The number of amides is 2. The molecule has 0 bridgehead atoms. The van der Waals surface area contributed by atoms with Gasteiger partial charge in [0, 0.05) is 12.4 Å². The monoisotopic (exact) mass is 464 g/mol. The number of imidazole rings is 1. The molecule has 0 radical (unpaired) electrons. The lowest BCUT2D eigenvalue weighted by molar-refractivity contribution is -0.222. The minimum Gasteiger partial charge on any atom is -0.488 e. The molecule has 2 aromatic heterocycles. The maximum atomic E-state index is 13.1. The highest BCUT2D eigenvalue weighted by Crippen LogP contribution is 2.28. The number of fused-ring (bicyclic) bond motifs is 1. The van der Waals surface area contributed by atoms with Crippen LogP contribution < -0.4 is 4.74 Å². The third-order valence-electron chi connectivity index (χ3n) is 4.88. The van der Waals surface area contributed by atoms with Gasteiger partial charge in [-0.25, -0.2) is 19.6 Å². The normalized spacial score (nSPS) is 15.1. The van der Waals surface area contributed by atoms with Gasteiger partial charge in [-0.1, -0.05) is 12.1 Å². The fourth-order valence-electron chi connectivity index (χ4n) is 3.19. The fraction of sp³-hybridized carbons (Fsp3) is 0.292. The smallest absolute Gasteiger partial charge is 0.345 e. The molecule has 34 heavy (non-hydrogen) atoms. The molecule has 1 aliphatic rings. The number of hydrogen-bond donors (Lipinski definition) is 0. The van der Waals surface area contributed by atoms with E-state index in [4.69, 9.17) is 14.3 Å². The van der Waals surface area contributed by atoms with Gasteiger partial charge in [0.25, 0.3) is 11.8 Å². The van der Waals surface area contributed by atoms with E-state index in [-0.39, 0.29) is 17.7 Å². The van der Waals surface area contributed by atoms with E-state index >= 15 is 0 Å². The molecular formula is C24H24N4O6. The van der Waals surface area contributed by atoms with Gasteiger partial charge in [0.15, 0.2) is 0 Å². The molecule has 0 saturated carbocycles. The molecule has 1 atom stereocenters. The van der Waals surface area contributed by atoms with Crippen molar-refractivity contribution in [3.8, 4) is 11.6 Å². The van der Waals surface area contributed by atoms with Crippen molar-refractivity contribution in [1.82, 2.24) is 19.6 Å². The Labute approximate surface area is 196 Å². The number of hydroxylamine groups is 2. The second-order valence-corrected chi connectivity index (χ2v) is 8.89. The van der Waals surface area contributed by atoms with Crippen molar-refractivity contribution in [1.29, 1.82) is 0 Å². The van der Waals surface area contributed by atoms with Gasteiger partial charge in [0.1, 0.15) is 30.1 Å². The Morgan fingerprint density at radius 1 is 1.00 bits per heavy atom. The topological polar surface area (TPSA) is 113 Å². The molecule has 3 aromatic rings. The van der Waals surface area contributed by atoms with Gasteiger partial charge in [-0.05, 0) is 52.0 Å². The number of carbonyl (C=O) groups is 3. The van der Waals surface area contributed by atoms with E-state index in [9.17, 15) is 14.4 Å². The van der Waals surface area contributed by atoms with Gasteiger partial charge in [-0.2, -0.15) is 0 Å². The first-order valence-electron chi connectivity index (χ1n) is 10.5. The first kappa shape index (κ1) is 23.1. The summed E-state index contributed by atoms with van der Waals surface area (Å²) in [7, 11) is 0. The number of hydrogen-bond acceptors (Lipinski definition) is 8. The van der Waals surface area contributed by atoms with Gasteiger partial charge in [0.2, 0.25) is 5.60 Å². The highest BCUT2D eigenvalue weighted by atomic mass is 16.7. The summed E-state index contributed by atoms with van der Waals surface area (Å²) in [5.74, 6) is -1.14. The average Bonchev–Trinajstić information content (AvgIpc) is 3.41. The van der Waals surface area contributed by atoms with E-state index in [1.165, 1.54) is 25.3 Å². The van der Waals surface area contributed by atoms with Crippen molar-refractivity contribution in [2.45, 2.75) is 38.9 Å². The zero-order chi connectivity index (χ0) is 24.5. The lowest BCUT2D eigenvalue weighted by atomic mass is 10.1. The molecule has 0 aliphatic carbocycles. The van der Waals surface area contributed by atoms with Crippen LogP contribution in [0.5, 0.6) is 5.75 Å². The molecule has 10 heteroatoms. The summed E-state index contributed by atoms with van der Waals surface area (Å²) in [4.78, 5) is 52.7. The molecule has 176 valence electrons. The van der Waals surface area contributed by atoms with Crippen molar-refractivity contribution in [3.05, 3.63) is 72.4 Å². The number of aromatic nitrogens is 3. The number of carbonyl (C=O) groups excluding carboxylic acids is 3. The van der Waals surface area contributed by atoms with Gasteiger partial charge in [-0.15, -0.1) is 5.06 Å². The van der Waals surface area contributed by atoms with Crippen LogP contribution in [-0.2, 0) is 14.4 Å². The van der Waals surface area contributed by atoms with Crippen molar-refractivity contribution in [2.75, 3.05) is 6.61 Å². The van der Waals surface area contributed by atoms with Crippen LogP contribution in [0.15, 0.2) is 61.3 Å². The quantitative estimate of drug-likeness (QED) is 0.387. The predicted octanol–water partition coefficient (Wildman–Crippen LogP) is 2.97. The number of pyridine rings is 1. The van der Waals surface area contributed by atoms with Gasteiger partial charge in [-0.3, -0.25) is 14.2 Å². The molecule has 4 rings (SSSR count). The minimum absolute atomic E-state index is 0.194. The molecule has 0 saturated heterocycles. The second-order valence-electron chi connectivity index (χ2n) is 8.89. The summed E-state index contributed by atoms with van der Waals surface area (Å²) in [5.41, 5.74) is -2.26. The summed E-state index contributed by atoms with van der Waals surface area (Å²) in [6.45, 7) is 6.16. The number of ether oxygens (including phenoxy) is 2. The molecule has 10 nitrogen and oxygen atoms in total. The fourth-order valence-corrected chi connectivity index (χ4v) is 3.19. The Bertz CT molecular complexity index is 1180. The third-order valence-corrected chi connectivity index (χ3v) is 4.88. The number of esters is 1. The van der Waals surface area contributed by atoms with Crippen LogP contribution >= 0.6 is 0 Å². The van der Waals surface area contributed by atoms with E-state index in [0.29, 0.717) is 16.6 Å². The highest BCUT2D eigenvalue weighted by molar-refractivity contribution is 6.20. The van der Waals surface area contributed by atoms with Crippen LogP contribution in [0.2, 0.25) is 0 Å². The second kappa shape index (κ2) is 8.71. The van der Waals surface area contributed by atoms with Crippen LogP contribution in [0, 0.1) is 0 Å². The molecule has 1 aliphatic heterocycles. The summed E-state index contributed by atoms with van der Waals surface area (Å²) < 4.78 is 13.0. The summed E-state index contributed by atoms with van der Waals surface area (Å²) >= 11 is 0. The van der Waals surface area contributed by atoms with Gasteiger partial charge < -0.3 is 9.47 Å². The largest absolute Gasteiger partial charge is 0.488 e. The van der Waals surface area contributed by atoms with E-state index in [0.717, 1.165) is 0 Å². The lowest BCUT2D eigenvalue weighted by Gasteiger charge is -2.32. The number of imide groups is 1. The van der Waals surface area contributed by atoms with Crippen molar-refractivity contribution < 1.29 is 28.7 Å². The molecular weight excluding hydrogens is 440 g/mol. The maximum Gasteiger partial charge on any atom is 0.345 e. The van der Waals surface area contributed by atoms with Gasteiger partial charge in [0.05, 0.1) is 17.3 Å². The first-order chi connectivity index (χ1) is 16.1. The van der Waals surface area contributed by atoms with E-state index < -0.39 is 29.0 Å². The van der Waals surface area contributed by atoms with Crippen molar-refractivity contribution in [3.63, 3.8) is 0 Å². The summed E-state index contributed by atoms with van der Waals surface area (Å²) in [5, 5.41) is 0.582. The van der Waals surface area contributed by atoms with E-state index in [1.54, 1.807) is 68.3 Å². The van der Waals surface area contributed by atoms with Crippen LogP contribution in [0.4, 0.5) is 0 Å². The SMILES string of the molecule is CC(C)(C)OC(=O)[C@](C)(COc1ccc(-n2ccnc2)nc1)ON1C(=O)c2ccccc2C1=O. The third kappa shape index (κ3) is 4.67. The van der Waals surface area contributed by atoms with E-state index in [2.05, 4.69) is 9.97 Å². The van der Waals surface area contributed by atoms with Gasteiger partial charge >= 0.3 is 5.97 Å². The Kier molecular flexibility index (Phi) is 5.92. The van der Waals surface area contributed by atoms with Crippen LogP contribution in [0.3, 0.4) is 0 Å². The Morgan fingerprint density at radius 2 is 1.68 bits per heavy atom. The Balaban J connectivity index is 1.55. The van der Waals surface area contributed by atoms with Crippen LogP contribution in [0.1, 0.15) is 48.4 Å². The number of benzene rings is 1. The predicted molar refractivity (Wildman–Crippen MR) is 119 cm³/mol. The number of nitrogens with zero attached hydrogens (tertiary/aromatic N) is 4. The Hall–Kier alpha value is -4.05. The Morgan fingerprint density at radius 3 is 2.21 bits per heavy atom. The highest BCUT2D eigenvalue weighted by Gasteiger charge is 2.47. The minimum atomic E-state index is -1.82. The molecule has 3 heterocycles. The zero-order valence-electron chi connectivity index (χ0n) is 19.2. The first-order valence-corrected chi connectivity index (χ1v) is 10.5. The molecule has 1 aromatic carbocycles. The maximum absolute atomic E-state index is 13.1. The number of rotatable bonds is 7. The molecule has 0 unspecified atom stereocenters.